The van der Waals surface area contributed by atoms with Crippen LogP contribution in [0.3, 0.4) is 0 Å². The van der Waals surface area contributed by atoms with Gasteiger partial charge in [-0.15, -0.1) is 12.4 Å². The van der Waals surface area contributed by atoms with Crippen LogP contribution < -0.4 is 5.32 Å². The summed E-state index contributed by atoms with van der Waals surface area (Å²) in [4.78, 5) is 14.1. The molecule has 0 aromatic heterocycles. The number of likely N-dealkylation sites (N-methyl/N-ethyl adjacent to an activating group) is 1. The van der Waals surface area contributed by atoms with Gasteiger partial charge in [-0.1, -0.05) is 17.7 Å². The first kappa shape index (κ1) is 18.2. The van der Waals surface area contributed by atoms with Gasteiger partial charge in [0, 0.05) is 24.2 Å². The van der Waals surface area contributed by atoms with Crippen molar-refractivity contribution in [3.63, 3.8) is 0 Å². The molecule has 0 radical (unpaired) electrons. The van der Waals surface area contributed by atoms with Crippen molar-refractivity contribution in [3.05, 3.63) is 34.6 Å². The van der Waals surface area contributed by atoms with E-state index >= 15 is 0 Å². The molecule has 0 aliphatic carbocycles. The third-order valence-corrected chi connectivity index (χ3v) is 4.25. The average molecular weight is 335 g/mol. The maximum atomic E-state index is 13.8. The summed E-state index contributed by atoms with van der Waals surface area (Å²) in [6.45, 7) is 2.94. The molecule has 2 rings (SSSR count). The summed E-state index contributed by atoms with van der Waals surface area (Å²) in [7, 11) is 1.69. The zero-order valence-corrected chi connectivity index (χ0v) is 13.9. The minimum absolute atomic E-state index is 0. The predicted octanol–water partition coefficient (Wildman–Crippen LogP) is 3.39. The molecule has 1 N–H and O–H groups in total. The fraction of sp³-hybridized carbons (Fsp3) is 0.533. The van der Waals surface area contributed by atoms with Crippen LogP contribution in [0.5, 0.6) is 0 Å². The predicted molar refractivity (Wildman–Crippen MR) is 85.4 cm³/mol. The van der Waals surface area contributed by atoms with E-state index in [-0.39, 0.29) is 30.7 Å². The van der Waals surface area contributed by atoms with Gasteiger partial charge in [-0.25, -0.2) is 4.39 Å². The smallest absolute Gasteiger partial charge is 0.242 e. The molecule has 0 saturated carbocycles. The van der Waals surface area contributed by atoms with Crippen LogP contribution >= 0.6 is 24.0 Å². The molecule has 6 heteroatoms. The first-order valence-electron chi connectivity index (χ1n) is 6.87. The quantitative estimate of drug-likeness (QED) is 0.918. The second kappa shape index (κ2) is 7.43. The highest BCUT2D eigenvalue weighted by molar-refractivity contribution is 6.31. The fourth-order valence-corrected chi connectivity index (χ4v) is 2.88. The molecule has 1 fully saturated rings. The van der Waals surface area contributed by atoms with Crippen molar-refractivity contribution in [3.8, 4) is 0 Å². The number of hydrogen-bond acceptors (Lipinski definition) is 2. The molecule has 1 aliphatic rings. The van der Waals surface area contributed by atoms with Crippen molar-refractivity contribution in [2.45, 2.75) is 38.3 Å². The summed E-state index contributed by atoms with van der Waals surface area (Å²) in [6.07, 6.45) is 2.93. The molecule has 0 bridgehead atoms. The number of rotatable bonds is 3. The molecule has 0 spiro atoms. The Morgan fingerprint density at radius 3 is 2.76 bits per heavy atom. The van der Waals surface area contributed by atoms with Gasteiger partial charge in [0.25, 0.3) is 0 Å². The third kappa shape index (κ3) is 4.09. The normalized spacial score (nSPS) is 21.5. The largest absolute Gasteiger partial charge is 0.340 e. The Morgan fingerprint density at radius 1 is 1.48 bits per heavy atom. The lowest BCUT2D eigenvalue weighted by atomic mass is 9.89. The van der Waals surface area contributed by atoms with Crippen molar-refractivity contribution in [2.75, 3.05) is 13.6 Å². The average Bonchev–Trinajstić information content (AvgIpc) is 2.43. The topological polar surface area (TPSA) is 32.3 Å². The van der Waals surface area contributed by atoms with Gasteiger partial charge in [0.2, 0.25) is 5.91 Å². The molecular weight excluding hydrogens is 314 g/mol. The molecular formula is C15H21Cl2FN2O. The zero-order chi connectivity index (χ0) is 14.8. The monoisotopic (exact) mass is 334 g/mol. The van der Waals surface area contributed by atoms with Crippen LogP contribution in [0.25, 0.3) is 0 Å². The fourth-order valence-electron chi connectivity index (χ4n) is 2.65. The van der Waals surface area contributed by atoms with E-state index in [2.05, 4.69) is 5.32 Å². The standard InChI is InChI=1S/C15H20ClFN2O.ClH/c1-15(8-3-4-9-18-15)14(20)19(2)10-11-12(16)6-5-7-13(11)17;/h5-7,18H,3-4,8-10H2,1-2H3;1H. The molecule has 1 amide bonds. The molecule has 1 atom stereocenters. The summed E-state index contributed by atoms with van der Waals surface area (Å²) < 4.78 is 13.8. The molecule has 21 heavy (non-hydrogen) atoms. The van der Waals surface area contributed by atoms with Crippen LogP contribution in [-0.2, 0) is 11.3 Å². The number of hydrogen-bond donors (Lipinski definition) is 1. The van der Waals surface area contributed by atoms with Crippen LogP contribution in [0.1, 0.15) is 31.7 Å². The first-order chi connectivity index (χ1) is 9.44. The highest BCUT2D eigenvalue weighted by Crippen LogP contribution is 2.24. The van der Waals surface area contributed by atoms with E-state index in [0.717, 1.165) is 25.8 Å². The van der Waals surface area contributed by atoms with Crippen molar-refractivity contribution in [1.29, 1.82) is 0 Å². The van der Waals surface area contributed by atoms with Crippen molar-refractivity contribution in [2.24, 2.45) is 0 Å². The maximum absolute atomic E-state index is 13.8. The first-order valence-corrected chi connectivity index (χ1v) is 7.25. The molecule has 118 valence electrons. The molecule has 1 aliphatic heterocycles. The van der Waals surface area contributed by atoms with E-state index in [0.29, 0.717) is 10.6 Å². The molecule has 3 nitrogen and oxygen atoms in total. The lowest BCUT2D eigenvalue weighted by Crippen LogP contribution is -2.57. The maximum Gasteiger partial charge on any atom is 0.242 e. The van der Waals surface area contributed by atoms with Gasteiger partial charge >= 0.3 is 0 Å². The lowest BCUT2D eigenvalue weighted by Gasteiger charge is -2.36. The van der Waals surface area contributed by atoms with Gasteiger partial charge in [-0.3, -0.25) is 4.79 Å². The van der Waals surface area contributed by atoms with Crippen LogP contribution in [0.2, 0.25) is 5.02 Å². The Morgan fingerprint density at radius 2 is 2.19 bits per heavy atom. The number of carbonyl (C=O) groups excluding carboxylic acids is 1. The van der Waals surface area contributed by atoms with Gasteiger partial charge in [-0.05, 0) is 44.9 Å². The minimum Gasteiger partial charge on any atom is -0.340 e. The highest BCUT2D eigenvalue weighted by Gasteiger charge is 2.36. The minimum atomic E-state index is -0.551. The Balaban J connectivity index is 0.00000220. The summed E-state index contributed by atoms with van der Waals surface area (Å²) in [5.74, 6) is -0.393. The second-order valence-electron chi connectivity index (χ2n) is 5.58. The van der Waals surface area contributed by atoms with E-state index in [1.807, 2.05) is 6.92 Å². The highest BCUT2D eigenvalue weighted by atomic mass is 35.5. The summed E-state index contributed by atoms with van der Waals surface area (Å²) in [5.41, 5.74) is -0.186. The number of nitrogens with one attached hydrogen (secondary N) is 1. The van der Waals surface area contributed by atoms with Gasteiger partial charge in [0.1, 0.15) is 5.82 Å². The number of carbonyl (C=O) groups is 1. The van der Waals surface area contributed by atoms with E-state index in [1.165, 1.54) is 6.07 Å². The Bertz CT molecular complexity index is 484. The molecule has 1 unspecified atom stereocenters. The van der Waals surface area contributed by atoms with E-state index < -0.39 is 5.54 Å². The second-order valence-corrected chi connectivity index (χ2v) is 5.98. The zero-order valence-electron chi connectivity index (χ0n) is 12.3. The molecule has 1 aromatic carbocycles. The molecule has 1 aromatic rings. The van der Waals surface area contributed by atoms with Gasteiger partial charge in [0.15, 0.2) is 0 Å². The van der Waals surface area contributed by atoms with Crippen LogP contribution in [0.4, 0.5) is 4.39 Å². The Hall–Kier alpha value is -0.840. The van der Waals surface area contributed by atoms with E-state index in [1.54, 1.807) is 24.1 Å². The third-order valence-electron chi connectivity index (χ3n) is 3.89. The number of benzene rings is 1. The lowest BCUT2D eigenvalue weighted by molar-refractivity contribution is -0.137. The van der Waals surface area contributed by atoms with Crippen molar-refractivity contribution >= 4 is 29.9 Å². The number of piperidine rings is 1. The number of nitrogens with zero attached hydrogens (tertiary/aromatic N) is 1. The summed E-state index contributed by atoms with van der Waals surface area (Å²) in [6, 6.07) is 4.56. The summed E-state index contributed by atoms with van der Waals surface area (Å²) in [5, 5.41) is 3.63. The Kier molecular flexibility index (Phi) is 6.44. The SMILES string of the molecule is CN(Cc1c(F)cccc1Cl)C(=O)C1(C)CCCCN1.Cl. The molecule has 1 saturated heterocycles. The van der Waals surface area contributed by atoms with Crippen LogP contribution in [0, 0.1) is 5.82 Å². The van der Waals surface area contributed by atoms with Crippen molar-refractivity contribution in [1.82, 2.24) is 10.2 Å². The van der Waals surface area contributed by atoms with Crippen LogP contribution in [0.15, 0.2) is 18.2 Å². The van der Waals surface area contributed by atoms with Gasteiger partial charge in [0.05, 0.1) is 5.54 Å². The Labute approximate surface area is 136 Å². The van der Waals surface area contributed by atoms with E-state index in [4.69, 9.17) is 11.6 Å². The van der Waals surface area contributed by atoms with Crippen LogP contribution in [-0.4, -0.2) is 29.9 Å². The number of amides is 1. The van der Waals surface area contributed by atoms with Gasteiger partial charge < -0.3 is 10.2 Å². The number of halogens is 3. The molecule has 1 heterocycles. The van der Waals surface area contributed by atoms with Gasteiger partial charge in [-0.2, -0.15) is 0 Å². The van der Waals surface area contributed by atoms with E-state index in [9.17, 15) is 9.18 Å². The summed E-state index contributed by atoms with van der Waals surface area (Å²) >= 11 is 6.01. The van der Waals surface area contributed by atoms with Crippen molar-refractivity contribution < 1.29 is 9.18 Å².